The maximum Gasteiger partial charge on any atom is 0.150 e. The molecule has 0 aromatic heterocycles. The highest BCUT2D eigenvalue weighted by Gasteiger charge is 2.14. The maximum atomic E-state index is 11.3. The predicted octanol–water partition coefficient (Wildman–Crippen LogP) is 15.8. The van der Waals surface area contributed by atoms with Crippen LogP contribution in [0.1, 0.15) is 45.1 Å². The minimum Gasteiger partial charge on any atom is -0.497 e. The van der Waals surface area contributed by atoms with Gasteiger partial charge < -0.3 is 19.3 Å². The Bertz CT molecular complexity index is 3080. The van der Waals surface area contributed by atoms with Gasteiger partial charge in [-0.25, -0.2) is 0 Å². The molecule has 0 aliphatic carbocycles. The van der Waals surface area contributed by atoms with E-state index in [0.717, 1.165) is 74.2 Å². The monoisotopic (exact) mass is 832 g/mol. The molecule has 0 bridgehead atoms. The Balaban J connectivity index is 0.898. The van der Waals surface area contributed by atoms with E-state index in [-0.39, 0.29) is 0 Å². The SMILES string of the molecule is CCOc1ccc(N(c2ccc(C=Cc3ccc4cc5cc(C=Cc6ccc(N(c7ccc(C)cc7)c7ccc(C=O)cc7)cc6)ccc5cc4c3)cc2)c2ccc(OC)cc2)cc1. The second-order valence-corrected chi connectivity index (χ2v) is 15.8. The molecule has 0 N–H and O–H groups in total. The molecule has 0 radical (unpaired) electrons. The number of rotatable bonds is 14. The largest absolute Gasteiger partial charge is 0.497 e. The highest BCUT2D eigenvalue weighted by molar-refractivity contribution is 6.00. The number of aldehydes is 1. The van der Waals surface area contributed by atoms with Crippen LogP contribution in [0.3, 0.4) is 0 Å². The van der Waals surface area contributed by atoms with Gasteiger partial charge in [-0.1, -0.05) is 90.5 Å². The number of carbonyl (C=O) groups excluding carboxylic acids is 1. The average Bonchev–Trinajstić information content (AvgIpc) is 3.34. The first-order valence-corrected chi connectivity index (χ1v) is 21.6. The van der Waals surface area contributed by atoms with Crippen molar-refractivity contribution in [3.05, 3.63) is 228 Å². The van der Waals surface area contributed by atoms with E-state index in [9.17, 15) is 4.79 Å². The Labute approximate surface area is 375 Å². The molecule has 9 rings (SSSR count). The molecule has 0 amide bonds. The van der Waals surface area contributed by atoms with Crippen LogP contribution in [0.5, 0.6) is 11.5 Å². The number of ether oxygens (including phenoxy) is 2. The van der Waals surface area contributed by atoms with E-state index in [1.165, 1.54) is 27.1 Å². The molecule has 5 heteroatoms. The topological polar surface area (TPSA) is 42.0 Å². The number of aryl methyl sites for hydroxylation is 1. The van der Waals surface area contributed by atoms with Gasteiger partial charge in [-0.2, -0.15) is 0 Å². The zero-order valence-corrected chi connectivity index (χ0v) is 36.2. The minimum atomic E-state index is 0.629. The molecule has 0 heterocycles. The van der Waals surface area contributed by atoms with E-state index in [2.05, 4.69) is 187 Å². The summed E-state index contributed by atoms with van der Waals surface area (Å²) in [5, 5.41) is 4.82. The summed E-state index contributed by atoms with van der Waals surface area (Å²) in [5.74, 6) is 1.67. The molecule has 9 aromatic carbocycles. The van der Waals surface area contributed by atoms with Crippen LogP contribution in [0.4, 0.5) is 34.1 Å². The molecule has 0 aliphatic rings. The summed E-state index contributed by atoms with van der Waals surface area (Å²) in [7, 11) is 1.68. The highest BCUT2D eigenvalue weighted by Crippen LogP contribution is 2.38. The van der Waals surface area contributed by atoms with Crippen molar-refractivity contribution in [2.45, 2.75) is 13.8 Å². The third kappa shape index (κ3) is 9.35. The van der Waals surface area contributed by atoms with Crippen molar-refractivity contribution in [1.29, 1.82) is 0 Å². The molecule has 0 saturated carbocycles. The van der Waals surface area contributed by atoms with Crippen molar-refractivity contribution in [2.24, 2.45) is 0 Å². The molecule has 9 aromatic rings. The van der Waals surface area contributed by atoms with Gasteiger partial charge in [0, 0.05) is 39.7 Å². The summed E-state index contributed by atoms with van der Waals surface area (Å²) < 4.78 is 11.1. The molecule has 0 saturated heterocycles. The molecule has 0 spiro atoms. The molecule has 5 nitrogen and oxygen atoms in total. The Morgan fingerprint density at radius 3 is 1.12 bits per heavy atom. The first-order valence-electron chi connectivity index (χ1n) is 21.6. The van der Waals surface area contributed by atoms with E-state index in [1.807, 2.05) is 55.5 Å². The Morgan fingerprint density at radius 2 is 0.734 bits per heavy atom. The van der Waals surface area contributed by atoms with Crippen LogP contribution in [0.2, 0.25) is 0 Å². The molecular formula is C59H48N2O3. The smallest absolute Gasteiger partial charge is 0.150 e. The van der Waals surface area contributed by atoms with E-state index < -0.39 is 0 Å². The van der Waals surface area contributed by atoms with Gasteiger partial charge >= 0.3 is 0 Å². The first-order chi connectivity index (χ1) is 31.4. The number of nitrogens with zero attached hydrogens (tertiary/aromatic N) is 2. The van der Waals surface area contributed by atoms with Crippen molar-refractivity contribution >= 4 is 86.3 Å². The Kier molecular flexibility index (Phi) is 12.1. The first kappa shape index (κ1) is 41.2. The third-order valence-electron chi connectivity index (χ3n) is 11.4. The predicted molar refractivity (Wildman–Crippen MR) is 269 cm³/mol. The van der Waals surface area contributed by atoms with Crippen LogP contribution < -0.4 is 19.3 Å². The Hall–Kier alpha value is -8.15. The molecule has 0 unspecified atom stereocenters. The zero-order chi connectivity index (χ0) is 43.8. The van der Waals surface area contributed by atoms with E-state index >= 15 is 0 Å². The molecule has 0 aliphatic heterocycles. The van der Waals surface area contributed by atoms with Crippen molar-refractivity contribution < 1.29 is 14.3 Å². The molecular weight excluding hydrogens is 785 g/mol. The van der Waals surface area contributed by atoms with Crippen LogP contribution in [0, 0.1) is 6.92 Å². The van der Waals surface area contributed by atoms with Crippen LogP contribution in [-0.2, 0) is 0 Å². The van der Waals surface area contributed by atoms with E-state index in [4.69, 9.17) is 9.47 Å². The summed E-state index contributed by atoms with van der Waals surface area (Å²) >= 11 is 0. The number of hydrogen-bond acceptors (Lipinski definition) is 5. The summed E-state index contributed by atoms with van der Waals surface area (Å²) in [6, 6.07) is 67.6. The molecule has 0 fully saturated rings. The lowest BCUT2D eigenvalue weighted by atomic mass is 9.99. The number of carbonyl (C=O) groups is 1. The van der Waals surface area contributed by atoms with Gasteiger partial charge in [-0.15, -0.1) is 0 Å². The fraction of sp³-hybridized carbons (Fsp3) is 0.0678. The van der Waals surface area contributed by atoms with Crippen LogP contribution in [0.25, 0.3) is 45.8 Å². The molecule has 312 valence electrons. The highest BCUT2D eigenvalue weighted by atomic mass is 16.5. The fourth-order valence-corrected chi connectivity index (χ4v) is 7.98. The fourth-order valence-electron chi connectivity index (χ4n) is 7.98. The van der Waals surface area contributed by atoms with Crippen molar-refractivity contribution in [1.82, 2.24) is 0 Å². The van der Waals surface area contributed by atoms with Gasteiger partial charge in [0.1, 0.15) is 17.8 Å². The van der Waals surface area contributed by atoms with Crippen molar-refractivity contribution in [3.8, 4) is 11.5 Å². The number of hydrogen-bond donors (Lipinski definition) is 0. The minimum absolute atomic E-state index is 0.629. The maximum absolute atomic E-state index is 11.3. The summed E-state index contributed by atoms with van der Waals surface area (Å²) in [6.45, 7) is 4.71. The van der Waals surface area contributed by atoms with E-state index in [1.54, 1.807) is 7.11 Å². The van der Waals surface area contributed by atoms with Crippen LogP contribution in [0.15, 0.2) is 194 Å². The lowest BCUT2D eigenvalue weighted by Crippen LogP contribution is -2.09. The van der Waals surface area contributed by atoms with E-state index in [0.29, 0.717) is 12.2 Å². The summed E-state index contributed by atoms with van der Waals surface area (Å²) in [5.41, 5.74) is 12.6. The molecule has 0 atom stereocenters. The third-order valence-corrected chi connectivity index (χ3v) is 11.4. The van der Waals surface area contributed by atoms with Gasteiger partial charge in [-0.3, -0.25) is 4.79 Å². The van der Waals surface area contributed by atoms with Gasteiger partial charge in [0.15, 0.2) is 0 Å². The second-order valence-electron chi connectivity index (χ2n) is 15.8. The van der Waals surface area contributed by atoms with Gasteiger partial charge in [0.05, 0.1) is 13.7 Å². The number of benzene rings is 9. The Morgan fingerprint density at radius 1 is 0.391 bits per heavy atom. The van der Waals surface area contributed by atoms with Gasteiger partial charge in [-0.05, 0) is 191 Å². The second kappa shape index (κ2) is 18.9. The lowest BCUT2D eigenvalue weighted by Gasteiger charge is -2.26. The zero-order valence-electron chi connectivity index (χ0n) is 36.2. The number of methoxy groups -OCH3 is 1. The van der Waals surface area contributed by atoms with Gasteiger partial charge in [0.2, 0.25) is 0 Å². The summed E-state index contributed by atoms with van der Waals surface area (Å²) in [6.07, 6.45) is 9.55. The normalized spacial score (nSPS) is 11.4. The molecule has 64 heavy (non-hydrogen) atoms. The average molecular weight is 833 g/mol. The quantitative estimate of drug-likeness (QED) is 0.0620. The summed E-state index contributed by atoms with van der Waals surface area (Å²) in [4.78, 5) is 15.8. The van der Waals surface area contributed by atoms with Crippen molar-refractivity contribution in [2.75, 3.05) is 23.5 Å². The van der Waals surface area contributed by atoms with Gasteiger partial charge in [0.25, 0.3) is 0 Å². The number of anilines is 6. The lowest BCUT2D eigenvalue weighted by molar-refractivity contribution is 0.112. The van der Waals surface area contributed by atoms with Crippen molar-refractivity contribution in [3.63, 3.8) is 0 Å². The van der Waals surface area contributed by atoms with Crippen LogP contribution >= 0.6 is 0 Å². The van der Waals surface area contributed by atoms with Crippen LogP contribution in [-0.4, -0.2) is 20.0 Å². The standard InChI is InChI=1S/C59H48N2O3/c1-4-64-59-35-31-57(32-36-59)61(56-29-33-58(63-3)34-30-56)54-25-15-44(16-26-54)8-10-46-12-20-49-39-50-37-45(11-19-48(50)40-51(49)38-46)9-7-43-13-23-53(24-14-43)60(52-21-5-42(2)6-22-52)55-27-17-47(41-62)18-28-55/h5-41H,4H2,1-3H3. The number of fused-ring (bicyclic) bond motifs is 2.